The molecule has 2 nitrogen and oxygen atoms in total. The first-order valence-electron chi connectivity index (χ1n) is 3.34. The molecule has 52 valence electrons. The first kappa shape index (κ1) is 6.59. The van der Waals surface area contributed by atoms with E-state index in [1.165, 1.54) is 0 Å². The van der Waals surface area contributed by atoms with Gasteiger partial charge in [0.2, 0.25) is 5.91 Å². The number of amides is 1. The summed E-state index contributed by atoms with van der Waals surface area (Å²) in [5, 5.41) is 0. The lowest BCUT2D eigenvalue weighted by molar-refractivity contribution is -0.130. The summed E-state index contributed by atoms with van der Waals surface area (Å²) in [7, 11) is 3.63. The van der Waals surface area contributed by atoms with E-state index in [4.69, 9.17) is 0 Å². The van der Waals surface area contributed by atoms with Crippen LogP contribution in [0.3, 0.4) is 0 Å². The lowest BCUT2D eigenvalue weighted by atomic mass is 10.3. The fourth-order valence-electron chi connectivity index (χ4n) is 0.998. The highest BCUT2D eigenvalue weighted by Crippen LogP contribution is 2.38. The van der Waals surface area contributed by atoms with Crippen LogP contribution in [0.4, 0.5) is 0 Å². The molecule has 0 bridgehead atoms. The molecule has 0 heterocycles. The molecule has 0 aliphatic heterocycles. The van der Waals surface area contributed by atoms with E-state index < -0.39 is 0 Å². The van der Waals surface area contributed by atoms with Gasteiger partial charge in [0.05, 0.1) is 0 Å². The summed E-state index contributed by atoms with van der Waals surface area (Å²) in [6.07, 6.45) is 1.09. The smallest absolute Gasteiger partial charge is 0.225 e. The molecule has 0 spiro atoms. The van der Waals surface area contributed by atoms with Gasteiger partial charge in [-0.05, 0) is 12.3 Å². The molecule has 0 saturated heterocycles. The first-order valence-corrected chi connectivity index (χ1v) is 3.34. The standard InChI is InChI=1S/C7H13NO/c1-5-4-6(5)7(9)8(2)3/h5-6H,4H2,1-3H3/t5-,6+/m0/s1. The maximum absolute atomic E-state index is 11.0. The highest BCUT2D eigenvalue weighted by molar-refractivity contribution is 5.80. The second-order valence-corrected chi connectivity index (χ2v) is 3.05. The third-order valence-electron chi connectivity index (χ3n) is 1.87. The molecule has 1 fully saturated rings. The maximum Gasteiger partial charge on any atom is 0.225 e. The van der Waals surface area contributed by atoms with Crippen LogP contribution in [0.2, 0.25) is 0 Å². The summed E-state index contributed by atoms with van der Waals surface area (Å²) >= 11 is 0. The van der Waals surface area contributed by atoms with Gasteiger partial charge in [0, 0.05) is 20.0 Å². The van der Waals surface area contributed by atoms with Crippen molar-refractivity contribution in [1.82, 2.24) is 4.90 Å². The SMILES string of the molecule is C[C@H]1C[C@H]1C(=O)N(C)C. The minimum atomic E-state index is 0.294. The van der Waals surface area contributed by atoms with Crippen LogP contribution in [0, 0.1) is 11.8 Å². The Bertz CT molecular complexity index is 131. The molecule has 1 aliphatic rings. The van der Waals surface area contributed by atoms with E-state index in [1.807, 2.05) is 14.1 Å². The zero-order chi connectivity index (χ0) is 7.02. The molecule has 2 heteroatoms. The van der Waals surface area contributed by atoms with Gasteiger partial charge < -0.3 is 4.90 Å². The minimum Gasteiger partial charge on any atom is -0.349 e. The van der Waals surface area contributed by atoms with Crippen molar-refractivity contribution in [3.8, 4) is 0 Å². The van der Waals surface area contributed by atoms with Gasteiger partial charge in [0.15, 0.2) is 0 Å². The predicted molar refractivity (Wildman–Crippen MR) is 36.0 cm³/mol. The van der Waals surface area contributed by atoms with E-state index in [0.29, 0.717) is 17.7 Å². The van der Waals surface area contributed by atoms with Crippen LogP contribution >= 0.6 is 0 Å². The van der Waals surface area contributed by atoms with Crippen LogP contribution < -0.4 is 0 Å². The van der Waals surface area contributed by atoms with Crippen molar-refractivity contribution < 1.29 is 4.79 Å². The summed E-state index contributed by atoms with van der Waals surface area (Å²) in [6, 6.07) is 0. The largest absolute Gasteiger partial charge is 0.349 e. The van der Waals surface area contributed by atoms with Gasteiger partial charge in [-0.25, -0.2) is 0 Å². The van der Waals surface area contributed by atoms with E-state index in [1.54, 1.807) is 4.90 Å². The molecular formula is C7H13NO. The number of rotatable bonds is 1. The quantitative estimate of drug-likeness (QED) is 0.508. The predicted octanol–water partition coefficient (Wildman–Crippen LogP) is 0.731. The van der Waals surface area contributed by atoms with Gasteiger partial charge >= 0.3 is 0 Å². The highest BCUT2D eigenvalue weighted by Gasteiger charge is 2.39. The molecule has 1 aliphatic carbocycles. The Kier molecular flexibility index (Phi) is 1.47. The Labute approximate surface area is 55.8 Å². The summed E-state index contributed by atoms with van der Waals surface area (Å²) in [4.78, 5) is 12.7. The Morgan fingerprint density at radius 3 is 2.11 bits per heavy atom. The van der Waals surface area contributed by atoms with Crippen molar-refractivity contribution in [3.63, 3.8) is 0 Å². The zero-order valence-corrected chi connectivity index (χ0v) is 6.22. The maximum atomic E-state index is 11.0. The van der Waals surface area contributed by atoms with Crippen molar-refractivity contribution in [2.45, 2.75) is 13.3 Å². The second-order valence-electron chi connectivity index (χ2n) is 3.05. The molecule has 2 atom stereocenters. The van der Waals surface area contributed by atoms with Gasteiger partial charge in [-0.1, -0.05) is 6.92 Å². The Morgan fingerprint density at radius 1 is 1.56 bits per heavy atom. The molecule has 1 saturated carbocycles. The van der Waals surface area contributed by atoms with Crippen LogP contribution in [0.25, 0.3) is 0 Å². The number of hydrogen-bond donors (Lipinski definition) is 0. The lowest BCUT2D eigenvalue weighted by Gasteiger charge is -2.08. The molecule has 1 amide bonds. The fraction of sp³-hybridized carbons (Fsp3) is 0.857. The van der Waals surface area contributed by atoms with Gasteiger partial charge in [-0.15, -0.1) is 0 Å². The molecule has 0 aromatic rings. The molecule has 1 rings (SSSR count). The molecule has 9 heavy (non-hydrogen) atoms. The third-order valence-corrected chi connectivity index (χ3v) is 1.87. The van der Waals surface area contributed by atoms with Crippen LogP contribution in [-0.2, 0) is 4.79 Å². The molecule has 0 unspecified atom stereocenters. The van der Waals surface area contributed by atoms with E-state index in [9.17, 15) is 4.79 Å². The van der Waals surface area contributed by atoms with Gasteiger partial charge in [-0.2, -0.15) is 0 Å². The zero-order valence-electron chi connectivity index (χ0n) is 6.22. The Hall–Kier alpha value is -0.530. The topological polar surface area (TPSA) is 20.3 Å². The first-order chi connectivity index (χ1) is 4.13. The Morgan fingerprint density at radius 2 is 2.00 bits per heavy atom. The fourth-order valence-corrected chi connectivity index (χ4v) is 0.998. The normalized spacial score (nSPS) is 31.9. The van der Waals surface area contributed by atoms with Crippen LogP contribution in [0.5, 0.6) is 0 Å². The van der Waals surface area contributed by atoms with Crippen LogP contribution in [0.15, 0.2) is 0 Å². The van der Waals surface area contributed by atoms with Crippen molar-refractivity contribution in [2.75, 3.05) is 14.1 Å². The minimum absolute atomic E-state index is 0.294. The number of carbonyl (C=O) groups excluding carboxylic acids is 1. The number of nitrogens with zero attached hydrogens (tertiary/aromatic N) is 1. The Balaban J connectivity index is 2.36. The second kappa shape index (κ2) is 2.01. The van der Waals surface area contributed by atoms with E-state index in [0.717, 1.165) is 6.42 Å². The molecule has 0 aromatic carbocycles. The molecule has 0 radical (unpaired) electrons. The average molecular weight is 127 g/mol. The molecule has 0 N–H and O–H groups in total. The monoisotopic (exact) mass is 127 g/mol. The number of carbonyl (C=O) groups is 1. The lowest BCUT2D eigenvalue weighted by Crippen LogP contribution is -2.23. The third kappa shape index (κ3) is 1.23. The van der Waals surface area contributed by atoms with Crippen LogP contribution in [-0.4, -0.2) is 24.9 Å². The summed E-state index contributed by atoms with van der Waals surface area (Å²) in [5.41, 5.74) is 0. The van der Waals surface area contributed by atoms with Crippen molar-refractivity contribution in [2.24, 2.45) is 11.8 Å². The number of hydrogen-bond acceptors (Lipinski definition) is 1. The van der Waals surface area contributed by atoms with Gasteiger partial charge in [0.1, 0.15) is 0 Å². The summed E-state index contributed by atoms with van der Waals surface area (Å²) in [5.74, 6) is 1.28. The molecule has 0 aromatic heterocycles. The van der Waals surface area contributed by atoms with E-state index in [-0.39, 0.29) is 0 Å². The van der Waals surface area contributed by atoms with E-state index >= 15 is 0 Å². The van der Waals surface area contributed by atoms with Crippen molar-refractivity contribution in [3.05, 3.63) is 0 Å². The molecular weight excluding hydrogens is 114 g/mol. The summed E-state index contributed by atoms with van der Waals surface area (Å²) in [6.45, 7) is 2.12. The van der Waals surface area contributed by atoms with Gasteiger partial charge in [0.25, 0.3) is 0 Å². The van der Waals surface area contributed by atoms with Crippen molar-refractivity contribution >= 4 is 5.91 Å². The highest BCUT2D eigenvalue weighted by atomic mass is 16.2. The average Bonchev–Trinajstić information content (AvgIpc) is 2.44. The van der Waals surface area contributed by atoms with Gasteiger partial charge in [-0.3, -0.25) is 4.79 Å². The van der Waals surface area contributed by atoms with Crippen molar-refractivity contribution in [1.29, 1.82) is 0 Å². The van der Waals surface area contributed by atoms with E-state index in [2.05, 4.69) is 6.92 Å². The van der Waals surface area contributed by atoms with Crippen LogP contribution in [0.1, 0.15) is 13.3 Å². The summed E-state index contributed by atoms with van der Waals surface area (Å²) < 4.78 is 0.